The van der Waals surface area contributed by atoms with E-state index in [0.29, 0.717) is 25.6 Å². The summed E-state index contributed by atoms with van der Waals surface area (Å²) in [5, 5.41) is 1.64. The SMILES string of the molecule is CC1=C(C(=O)OC(C)C)[C@@H](c2ccc(Cl)cc2)n2c(s/c(=C\c3cn(C)c4ccccc34)c2=O)=N1. The number of halogens is 1. The van der Waals surface area contributed by atoms with Crippen LogP contribution in [0.5, 0.6) is 0 Å². The van der Waals surface area contributed by atoms with E-state index in [4.69, 9.17) is 16.3 Å². The predicted octanol–water partition coefficient (Wildman–Crippen LogP) is 4.33. The number of carbonyl (C=O) groups excluding carboxylic acids is 1. The molecule has 0 saturated carbocycles. The third-order valence-corrected chi connectivity index (χ3v) is 7.22. The average Bonchev–Trinajstić information content (AvgIpc) is 3.29. The molecule has 4 aromatic rings. The van der Waals surface area contributed by atoms with Crippen LogP contribution in [0.4, 0.5) is 0 Å². The summed E-state index contributed by atoms with van der Waals surface area (Å²) >= 11 is 7.44. The summed E-state index contributed by atoms with van der Waals surface area (Å²) in [6.45, 7) is 5.37. The lowest BCUT2D eigenvalue weighted by Gasteiger charge is -2.25. The van der Waals surface area contributed by atoms with Crippen LogP contribution in [0.3, 0.4) is 0 Å². The topological polar surface area (TPSA) is 65.6 Å². The molecule has 0 fully saturated rings. The van der Waals surface area contributed by atoms with Crippen LogP contribution in [0.15, 0.2) is 75.8 Å². The number of esters is 1. The van der Waals surface area contributed by atoms with E-state index in [1.807, 2.05) is 60.3 Å². The Hall–Kier alpha value is -3.42. The highest BCUT2D eigenvalue weighted by Gasteiger charge is 2.33. The number of rotatable bonds is 4. The fourth-order valence-electron chi connectivity index (χ4n) is 4.45. The first-order chi connectivity index (χ1) is 16.7. The Balaban J connectivity index is 1.74. The van der Waals surface area contributed by atoms with Crippen LogP contribution in [0.2, 0.25) is 5.02 Å². The first kappa shape index (κ1) is 23.3. The number of hydrogen-bond donors (Lipinski definition) is 0. The molecule has 8 heteroatoms. The second kappa shape index (κ2) is 8.98. The third kappa shape index (κ3) is 4.15. The van der Waals surface area contributed by atoms with Gasteiger partial charge in [-0.1, -0.05) is 53.3 Å². The molecule has 6 nitrogen and oxygen atoms in total. The molecule has 1 aliphatic rings. The molecule has 0 radical (unpaired) electrons. The molecular formula is C27H24ClN3O3S. The normalized spacial score (nSPS) is 16.1. The zero-order valence-electron chi connectivity index (χ0n) is 19.8. The van der Waals surface area contributed by atoms with E-state index < -0.39 is 12.0 Å². The largest absolute Gasteiger partial charge is 0.459 e. The van der Waals surface area contributed by atoms with Crippen LogP contribution >= 0.6 is 22.9 Å². The second-order valence-corrected chi connectivity index (χ2v) is 10.2. The number of thiazole rings is 1. The average molecular weight is 506 g/mol. The van der Waals surface area contributed by atoms with Crippen LogP contribution in [-0.4, -0.2) is 21.2 Å². The lowest BCUT2D eigenvalue weighted by atomic mass is 9.96. The molecule has 0 saturated heterocycles. The quantitative estimate of drug-likeness (QED) is 0.388. The number of aromatic nitrogens is 2. The van der Waals surface area contributed by atoms with Gasteiger partial charge >= 0.3 is 5.97 Å². The number of aryl methyl sites for hydroxylation is 1. The van der Waals surface area contributed by atoms with Crippen molar-refractivity contribution in [2.75, 3.05) is 0 Å². The molecule has 0 amide bonds. The zero-order valence-corrected chi connectivity index (χ0v) is 21.4. The maximum Gasteiger partial charge on any atom is 0.338 e. The molecule has 5 rings (SSSR count). The molecule has 1 atom stereocenters. The molecule has 0 spiro atoms. The van der Waals surface area contributed by atoms with Crippen molar-refractivity contribution in [3.8, 4) is 0 Å². The number of hydrogen-bond acceptors (Lipinski definition) is 5. The van der Waals surface area contributed by atoms with Gasteiger partial charge in [-0.05, 0) is 50.6 Å². The number of carbonyl (C=O) groups is 1. The van der Waals surface area contributed by atoms with Crippen molar-refractivity contribution >= 4 is 45.9 Å². The number of allylic oxidation sites excluding steroid dienone is 1. The van der Waals surface area contributed by atoms with E-state index in [0.717, 1.165) is 22.0 Å². The van der Waals surface area contributed by atoms with Crippen molar-refractivity contribution in [1.82, 2.24) is 9.13 Å². The molecule has 2 aromatic carbocycles. The molecule has 3 heterocycles. The molecule has 0 aliphatic carbocycles. The van der Waals surface area contributed by atoms with Crippen molar-refractivity contribution in [3.63, 3.8) is 0 Å². The van der Waals surface area contributed by atoms with Gasteiger partial charge in [-0.25, -0.2) is 9.79 Å². The molecule has 0 bridgehead atoms. The van der Waals surface area contributed by atoms with E-state index in [1.54, 1.807) is 37.5 Å². The first-order valence-electron chi connectivity index (χ1n) is 11.3. The number of ether oxygens (including phenoxy) is 1. The number of fused-ring (bicyclic) bond motifs is 2. The van der Waals surface area contributed by atoms with Gasteiger partial charge in [0.2, 0.25) is 0 Å². The van der Waals surface area contributed by atoms with Gasteiger partial charge in [0.25, 0.3) is 5.56 Å². The van der Waals surface area contributed by atoms with Gasteiger partial charge in [0, 0.05) is 34.7 Å². The fraction of sp³-hybridized carbons (Fsp3) is 0.222. The highest BCUT2D eigenvalue weighted by atomic mass is 35.5. The second-order valence-electron chi connectivity index (χ2n) is 8.80. The monoisotopic (exact) mass is 505 g/mol. The summed E-state index contributed by atoms with van der Waals surface area (Å²) in [7, 11) is 1.98. The standard InChI is InChI=1S/C27H24ClN3O3S/c1-15(2)34-26(33)23-16(3)29-27-31(24(23)17-9-11-19(28)12-10-17)25(32)22(35-27)13-18-14-30(4)21-8-6-5-7-20(18)21/h5-15,24H,1-4H3/b22-13-/t24-/m1/s1. The van der Waals surface area contributed by atoms with Crippen LogP contribution < -0.4 is 14.9 Å². The van der Waals surface area contributed by atoms with Crippen molar-refractivity contribution < 1.29 is 9.53 Å². The van der Waals surface area contributed by atoms with E-state index in [-0.39, 0.29) is 11.7 Å². The minimum Gasteiger partial charge on any atom is -0.459 e. The molecule has 35 heavy (non-hydrogen) atoms. The minimum atomic E-state index is -0.663. The molecular weight excluding hydrogens is 482 g/mol. The maximum atomic E-state index is 13.8. The lowest BCUT2D eigenvalue weighted by molar-refractivity contribution is -0.143. The van der Waals surface area contributed by atoms with Gasteiger partial charge in [0.15, 0.2) is 4.80 Å². The molecule has 0 N–H and O–H groups in total. The summed E-state index contributed by atoms with van der Waals surface area (Å²) < 4.78 is 9.72. The van der Waals surface area contributed by atoms with Crippen LogP contribution in [0.1, 0.15) is 37.9 Å². The molecule has 1 aliphatic heterocycles. The Labute approximate surface area is 211 Å². The molecule has 178 valence electrons. The smallest absolute Gasteiger partial charge is 0.338 e. The Morgan fingerprint density at radius 1 is 1.17 bits per heavy atom. The lowest BCUT2D eigenvalue weighted by Crippen LogP contribution is -2.40. The van der Waals surface area contributed by atoms with Gasteiger partial charge in [0.1, 0.15) is 0 Å². The van der Waals surface area contributed by atoms with Crippen molar-refractivity contribution in [3.05, 3.63) is 102 Å². The zero-order chi connectivity index (χ0) is 24.9. The molecule has 0 unspecified atom stereocenters. The van der Waals surface area contributed by atoms with Crippen LogP contribution in [-0.2, 0) is 16.6 Å². The van der Waals surface area contributed by atoms with Crippen LogP contribution in [0.25, 0.3) is 17.0 Å². The highest BCUT2D eigenvalue weighted by molar-refractivity contribution is 7.07. The first-order valence-corrected chi connectivity index (χ1v) is 12.5. The Bertz CT molecular complexity index is 1670. The van der Waals surface area contributed by atoms with Crippen molar-refractivity contribution in [2.24, 2.45) is 12.0 Å². The minimum absolute atomic E-state index is 0.205. The van der Waals surface area contributed by atoms with E-state index in [9.17, 15) is 9.59 Å². The van der Waals surface area contributed by atoms with Gasteiger partial charge in [-0.3, -0.25) is 9.36 Å². The maximum absolute atomic E-state index is 13.8. The number of benzene rings is 2. The summed E-state index contributed by atoms with van der Waals surface area (Å²) in [6.07, 6.45) is 3.61. The summed E-state index contributed by atoms with van der Waals surface area (Å²) in [6, 6.07) is 14.6. The van der Waals surface area contributed by atoms with Gasteiger partial charge in [-0.2, -0.15) is 0 Å². The number of nitrogens with zero attached hydrogens (tertiary/aromatic N) is 3. The van der Waals surface area contributed by atoms with Gasteiger partial charge in [-0.15, -0.1) is 0 Å². The van der Waals surface area contributed by atoms with Gasteiger partial charge in [0.05, 0.1) is 27.9 Å². The summed E-state index contributed by atoms with van der Waals surface area (Å²) in [4.78, 5) is 32.1. The van der Waals surface area contributed by atoms with E-state index >= 15 is 0 Å². The number of para-hydroxylation sites is 1. The van der Waals surface area contributed by atoms with Crippen molar-refractivity contribution in [2.45, 2.75) is 32.9 Å². The predicted molar refractivity (Wildman–Crippen MR) is 139 cm³/mol. The molecule has 2 aromatic heterocycles. The Morgan fingerprint density at radius 2 is 1.89 bits per heavy atom. The summed E-state index contributed by atoms with van der Waals surface area (Å²) in [5.41, 5.74) is 3.48. The van der Waals surface area contributed by atoms with E-state index in [1.165, 1.54) is 11.3 Å². The van der Waals surface area contributed by atoms with Gasteiger partial charge < -0.3 is 9.30 Å². The van der Waals surface area contributed by atoms with Crippen LogP contribution in [0, 0.1) is 0 Å². The Morgan fingerprint density at radius 3 is 2.60 bits per heavy atom. The van der Waals surface area contributed by atoms with Crippen molar-refractivity contribution in [1.29, 1.82) is 0 Å². The summed E-state index contributed by atoms with van der Waals surface area (Å²) in [5.74, 6) is -0.482. The van der Waals surface area contributed by atoms with E-state index in [2.05, 4.69) is 4.99 Å². The highest BCUT2D eigenvalue weighted by Crippen LogP contribution is 2.31. The Kier molecular flexibility index (Phi) is 5.99. The third-order valence-electron chi connectivity index (χ3n) is 5.98. The fourth-order valence-corrected chi connectivity index (χ4v) is 5.61.